The molecule has 0 heterocycles. The molecule has 0 amide bonds. The lowest BCUT2D eigenvalue weighted by molar-refractivity contribution is -0.186. The highest BCUT2D eigenvalue weighted by Gasteiger charge is 2.43. The Labute approximate surface area is 113 Å². The lowest BCUT2D eigenvalue weighted by Crippen LogP contribution is -2.45. The molecule has 0 aromatic heterocycles. The third-order valence-electron chi connectivity index (χ3n) is 5.02. The molecule has 5 heteroatoms. The van der Waals surface area contributed by atoms with Crippen LogP contribution in [-0.2, 0) is 0 Å². The van der Waals surface area contributed by atoms with E-state index >= 15 is 0 Å². The Morgan fingerprint density at radius 1 is 1.05 bits per heavy atom. The van der Waals surface area contributed by atoms with E-state index in [1.54, 1.807) is 0 Å². The zero-order valence-electron chi connectivity index (χ0n) is 11.4. The first kappa shape index (κ1) is 15.1. The molecule has 3 N–H and O–H groups in total. The molecule has 2 saturated carbocycles. The number of hydrogen-bond acceptors (Lipinski definition) is 2. The first-order valence-electron chi connectivity index (χ1n) is 7.53. The van der Waals surface area contributed by atoms with Gasteiger partial charge in [0, 0.05) is 6.04 Å². The molecule has 2 aliphatic rings. The van der Waals surface area contributed by atoms with Crippen LogP contribution in [0, 0.1) is 17.8 Å². The molecule has 19 heavy (non-hydrogen) atoms. The second kappa shape index (κ2) is 6.44. The van der Waals surface area contributed by atoms with Crippen molar-refractivity contribution in [2.24, 2.45) is 23.6 Å². The van der Waals surface area contributed by atoms with Crippen molar-refractivity contribution in [3.8, 4) is 0 Å². The zero-order chi connectivity index (χ0) is 13.9. The fourth-order valence-corrected chi connectivity index (χ4v) is 3.89. The van der Waals surface area contributed by atoms with Crippen molar-refractivity contribution in [1.29, 1.82) is 0 Å². The maximum Gasteiger partial charge on any atom is 0.391 e. The smallest absolute Gasteiger partial charge is 0.271 e. The van der Waals surface area contributed by atoms with E-state index in [1.165, 1.54) is 25.7 Å². The lowest BCUT2D eigenvalue weighted by atomic mass is 9.75. The highest BCUT2D eigenvalue weighted by atomic mass is 19.4. The fraction of sp³-hybridized carbons (Fsp3) is 1.00. The Morgan fingerprint density at radius 2 is 1.74 bits per heavy atom. The normalized spacial score (nSPS) is 31.6. The molecule has 2 rings (SSSR count). The van der Waals surface area contributed by atoms with Crippen LogP contribution in [0.1, 0.15) is 57.8 Å². The first-order chi connectivity index (χ1) is 9.00. The molecule has 0 aliphatic heterocycles. The average Bonchev–Trinajstić information content (AvgIpc) is 2.88. The van der Waals surface area contributed by atoms with Gasteiger partial charge in [0.05, 0.1) is 5.92 Å². The first-order valence-corrected chi connectivity index (χ1v) is 7.53. The van der Waals surface area contributed by atoms with Gasteiger partial charge in [-0.1, -0.05) is 32.1 Å². The summed E-state index contributed by atoms with van der Waals surface area (Å²) in [6.07, 6.45) is 3.98. The van der Waals surface area contributed by atoms with Crippen molar-refractivity contribution in [3.63, 3.8) is 0 Å². The SMILES string of the molecule is NNC(CC1CCCC1)C1CCCC(C(F)(F)F)C1. The Morgan fingerprint density at radius 3 is 2.32 bits per heavy atom. The van der Waals surface area contributed by atoms with E-state index < -0.39 is 12.1 Å². The third kappa shape index (κ3) is 4.09. The quantitative estimate of drug-likeness (QED) is 0.607. The van der Waals surface area contributed by atoms with E-state index in [4.69, 9.17) is 5.84 Å². The molecule has 0 spiro atoms. The largest absolute Gasteiger partial charge is 0.391 e. The van der Waals surface area contributed by atoms with Crippen LogP contribution in [0.25, 0.3) is 0 Å². The highest BCUT2D eigenvalue weighted by molar-refractivity contribution is 4.86. The van der Waals surface area contributed by atoms with Gasteiger partial charge in [-0.25, -0.2) is 0 Å². The van der Waals surface area contributed by atoms with Gasteiger partial charge < -0.3 is 0 Å². The predicted molar refractivity (Wildman–Crippen MR) is 69.2 cm³/mol. The van der Waals surface area contributed by atoms with Crippen molar-refractivity contribution in [1.82, 2.24) is 5.43 Å². The minimum atomic E-state index is -4.04. The van der Waals surface area contributed by atoms with Crippen LogP contribution in [0.2, 0.25) is 0 Å². The van der Waals surface area contributed by atoms with Gasteiger partial charge >= 0.3 is 6.18 Å². The molecule has 0 aromatic carbocycles. The Bertz CT molecular complexity index is 274. The summed E-state index contributed by atoms with van der Waals surface area (Å²) in [7, 11) is 0. The summed E-state index contributed by atoms with van der Waals surface area (Å²) in [5.41, 5.74) is 2.80. The number of alkyl halides is 3. The highest BCUT2D eigenvalue weighted by Crippen LogP contribution is 2.42. The number of nitrogens with two attached hydrogens (primary N) is 1. The van der Waals surface area contributed by atoms with Gasteiger partial charge in [0.15, 0.2) is 0 Å². The predicted octanol–water partition coefficient (Wildman–Crippen LogP) is 3.77. The summed E-state index contributed by atoms with van der Waals surface area (Å²) in [4.78, 5) is 0. The standard InChI is InChI=1S/C14H25F3N2/c15-14(16,17)12-7-3-6-11(9-12)13(19-18)8-10-4-1-2-5-10/h10-13,19H,1-9,18H2. The molecule has 3 unspecified atom stereocenters. The summed E-state index contributed by atoms with van der Waals surface area (Å²) in [6.45, 7) is 0. The number of hydrogen-bond donors (Lipinski definition) is 2. The maximum atomic E-state index is 12.8. The van der Waals surface area contributed by atoms with Crippen molar-refractivity contribution >= 4 is 0 Å². The molecular formula is C14H25F3N2. The third-order valence-corrected chi connectivity index (χ3v) is 5.02. The van der Waals surface area contributed by atoms with Gasteiger partial charge in [-0.2, -0.15) is 13.2 Å². The van der Waals surface area contributed by atoms with Crippen LogP contribution in [0.15, 0.2) is 0 Å². The van der Waals surface area contributed by atoms with E-state index in [9.17, 15) is 13.2 Å². The van der Waals surface area contributed by atoms with Gasteiger partial charge in [-0.05, 0) is 37.5 Å². The number of rotatable bonds is 4. The lowest BCUT2D eigenvalue weighted by Gasteiger charge is -2.36. The van der Waals surface area contributed by atoms with Gasteiger partial charge in [-0.3, -0.25) is 11.3 Å². The van der Waals surface area contributed by atoms with Crippen LogP contribution in [0.4, 0.5) is 13.2 Å². The number of halogens is 3. The van der Waals surface area contributed by atoms with Crippen LogP contribution >= 0.6 is 0 Å². The number of nitrogens with one attached hydrogen (secondary N) is 1. The molecular weight excluding hydrogens is 253 g/mol. The monoisotopic (exact) mass is 278 g/mol. The van der Waals surface area contributed by atoms with Gasteiger partial charge in [0.25, 0.3) is 0 Å². The molecule has 0 aromatic rings. The van der Waals surface area contributed by atoms with Crippen LogP contribution in [0.5, 0.6) is 0 Å². The van der Waals surface area contributed by atoms with Crippen molar-refractivity contribution in [2.75, 3.05) is 0 Å². The van der Waals surface area contributed by atoms with Gasteiger partial charge in [0.1, 0.15) is 0 Å². The summed E-state index contributed by atoms with van der Waals surface area (Å²) in [5.74, 6) is 5.23. The minimum Gasteiger partial charge on any atom is -0.271 e. The topological polar surface area (TPSA) is 38.0 Å². The van der Waals surface area contributed by atoms with Crippen molar-refractivity contribution in [3.05, 3.63) is 0 Å². The summed E-state index contributed by atoms with van der Waals surface area (Å²) < 4.78 is 38.5. The van der Waals surface area contributed by atoms with E-state index in [-0.39, 0.29) is 18.4 Å². The molecule has 2 nitrogen and oxygen atoms in total. The second-order valence-electron chi connectivity index (χ2n) is 6.32. The molecule has 3 atom stereocenters. The molecule has 0 bridgehead atoms. The summed E-state index contributed by atoms with van der Waals surface area (Å²) >= 11 is 0. The van der Waals surface area contributed by atoms with Crippen LogP contribution in [-0.4, -0.2) is 12.2 Å². The average molecular weight is 278 g/mol. The Balaban J connectivity index is 1.90. The molecule has 2 fully saturated rings. The Kier molecular flexibility index (Phi) is 5.12. The Hall–Kier alpha value is -0.290. The summed E-state index contributed by atoms with van der Waals surface area (Å²) in [5, 5.41) is 0. The maximum absolute atomic E-state index is 12.8. The van der Waals surface area contributed by atoms with Crippen molar-refractivity contribution in [2.45, 2.75) is 70.0 Å². The second-order valence-corrected chi connectivity index (χ2v) is 6.32. The molecule has 0 saturated heterocycles. The van der Waals surface area contributed by atoms with Crippen molar-refractivity contribution < 1.29 is 13.2 Å². The van der Waals surface area contributed by atoms with Gasteiger partial charge in [0.2, 0.25) is 0 Å². The van der Waals surface area contributed by atoms with E-state index in [2.05, 4.69) is 5.43 Å². The molecule has 2 aliphatic carbocycles. The van der Waals surface area contributed by atoms with Crippen LogP contribution < -0.4 is 11.3 Å². The van der Waals surface area contributed by atoms with Crippen LogP contribution in [0.3, 0.4) is 0 Å². The molecule has 0 radical (unpaired) electrons. The summed E-state index contributed by atoms with van der Waals surface area (Å²) in [6, 6.07) is 0.0632. The minimum absolute atomic E-state index is 0.0632. The molecule has 112 valence electrons. The van der Waals surface area contributed by atoms with E-state index in [0.29, 0.717) is 18.8 Å². The fourth-order valence-electron chi connectivity index (χ4n) is 3.89. The van der Waals surface area contributed by atoms with E-state index in [0.717, 1.165) is 12.8 Å². The zero-order valence-corrected chi connectivity index (χ0v) is 11.4. The van der Waals surface area contributed by atoms with Gasteiger partial charge in [-0.15, -0.1) is 0 Å². The number of hydrazine groups is 1. The van der Waals surface area contributed by atoms with E-state index in [1.807, 2.05) is 0 Å².